The summed E-state index contributed by atoms with van der Waals surface area (Å²) in [5, 5.41) is 26.3. The van der Waals surface area contributed by atoms with Crippen LogP contribution in [0.4, 0.5) is 0 Å². The summed E-state index contributed by atoms with van der Waals surface area (Å²) < 4.78 is 10.9. The minimum Gasteiger partial charge on any atom is -0.505 e. The van der Waals surface area contributed by atoms with Crippen molar-refractivity contribution in [2.24, 2.45) is 5.92 Å². The third-order valence-corrected chi connectivity index (χ3v) is 6.44. The van der Waals surface area contributed by atoms with Crippen molar-refractivity contribution in [1.82, 2.24) is 20.6 Å². The number of cyclic esters (lactones) is 2. The van der Waals surface area contributed by atoms with E-state index in [1.807, 2.05) is 0 Å². The number of aliphatic hydroxyl groups is 1. The molecule has 3 heterocycles. The third-order valence-electron chi connectivity index (χ3n) is 6.44. The number of nitrogens with zero attached hydrogens (tertiary/aromatic N) is 2. The van der Waals surface area contributed by atoms with Crippen LogP contribution in [0.2, 0.25) is 0 Å². The van der Waals surface area contributed by atoms with Crippen molar-refractivity contribution < 1.29 is 38.9 Å². The van der Waals surface area contributed by atoms with Crippen molar-refractivity contribution in [2.75, 3.05) is 0 Å². The number of aromatic nitrogens is 2. The van der Waals surface area contributed by atoms with Gasteiger partial charge in [-0.15, -0.1) is 0 Å². The molecule has 0 radical (unpaired) electrons. The van der Waals surface area contributed by atoms with E-state index in [-0.39, 0.29) is 17.9 Å². The summed E-state index contributed by atoms with van der Waals surface area (Å²) >= 11 is 0. The predicted molar refractivity (Wildman–Crippen MR) is 137 cm³/mol. The first-order chi connectivity index (χ1) is 18.5. The first-order valence-corrected chi connectivity index (χ1v) is 12.5. The van der Waals surface area contributed by atoms with Crippen LogP contribution in [0.1, 0.15) is 50.2 Å². The number of carbonyl (C=O) groups is 4. The van der Waals surface area contributed by atoms with E-state index in [0.29, 0.717) is 17.6 Å². The smallest absolute Gasteiger partial charge is 0.374 e. The van der Waals surface area contributed by atoms with E-state index < -0.39 is 59.7 Å². The maximum Gasteiger partial charge on any atom is 0.374 e. The molecule has 0 aromatic carbocycles. The standard InChI is InChI=1S/C27H32N4O8/c1-5-14(2)23-27(37)38-16(4)20(31-25(35)21-19(32)9-7-11-29-21)24(34)30-18(12-17-8-6-10-28-13-17)22(33)15(3)26(36)39-23/h6-11,13,15-16,18,20,22,32-33H,5,12H2,1-4H3,(H,30,34)(H,31,35)/t15-,16-,18+,20?,22+/m0/s1. The number of ether oxygens (including phenoxy) is 2. The van der Waals surface area contributed by atoms with Crippen LogP contribution < -0.4 is 10.6 Å². The molecule has 4 N–H and O–H groups in total. The zero-order chi connectivity index (χ0) is 28.7. The van der Waals surface area contributed by atoms with Crippen LogP contribution in [0.15, 0.2) is 54.2 Å². The molecule has 0 aliphatic carbocycles. The fraction of sp³-hybridized carbons (Fsp3) is 0.407. The molecule has 2 aromatic heterocycles. The van der Waals surface area contributed by atoms with Crippen LogP contribution in [-0.4, -0.2) is 68.2 Å². The van der Waals surface area contributed by atoms with Crippen LogP contribution in [0.5, 0.6) is 5.75 Å². The number of aliphatic hydroxyl groups excluding tert-OH is 1. The van der Waals surface area contributed by atoms with Gasteiger partial charge in [-0.25, -0.2) is 9.78 Å². The second-order valence-electron chi connectivity index (χ2n) is 9.28. The lowest BCUT2D eigenvalue weighted by Gasteiger charge is -2.32. The molecular weight excluding hydrogens is 508 g/mol. The number of rotatable bonds is 5. The van der Waals surface area contributed by atoms with Gasteiger partial charge in [0.25, 0.3) is 5.91 Å². The van der Waals surface area contributed by atoms with Gasteiger partial charge in [-0.1, -0.05) is 13.0 Å². The number of aromatic hydroxyl groups is 1. The highest BCUT2D eigenvalue weighted by Crippen LogP contribution is 2.21. The van der Waals surface area contributed by atoms with E-state index >= 15 is 0 Å². The number of pyridine rings is 2. The third kappa shape index (κ3) is 7.17. The molecule has 208 valence electrons. The van der Waals surface area contributed by atoms with Crippen LogP contribution in [0.25, 0.3) is 0 Å². The van der Waals surface area contributed by atoms with Crippen LogP contribution in [0.3, 0.4) is 0 Å². The number of allylic oxidation sites excluding steroid dienone is 1. The molecule has 2 aromatic rings. The molecule has 1 saturated heterocycles. The molecule has 1 fully saturated rings. The zero-order valence-corrected chi connectivity index (χ0v) is 22.1. The van der Waals surface area contributed by atoms with Crippen LogP contribution >= 0.6 is 0 Å². The monoisotopic (exact) mass is 540 g/mol. The molecule has 0 spiro atoms. The Hall–Kier alpha value is -4.32. The number of esters is 2. The van der Waals surface area contributed by atoms with Crippen molar-refractivity contribution >= 4 is 23.8 Å². The highest BCUT2D eigenvalue weighted by molar-refractivity contribution is 5.98. The SMILES string of the molecule is CCC(C)=C1OC(=O)[C@@H](C)[C@@H](O)[C@@H](Cc2cccnc2)NC(=O)C(NC(=O)c2ncccc2O)[C@H](C)OC1=O. The van der Waals surface area contributed by atoms with Gasteiger partial charge in [0.05, 0.1) is 18.1 Å². The van der Waals surface area contributed by atoms with Gasteiger partial charge < -0.3 is 30.3 Å². The van der Waals surface area contributed by atoms with Gasteiger partial charge in [0, 0.05) is 18.6 Å². The van der Waals surface area contributed by atoms with E-state index in [0.717, 1.165) is 0 Å². The molecule has 0 bridgehead atoms. The Balaban J connectivity index is 2.03. The highest BCUT2D eigenvalue weighted by Gasteiger charge is 2.39. The number of carbonyl (C=O) groups excluding carboxylic acids is 4. The van der Waals surface area contributed by atoms with Gasteiger partial charge in [0.15, 0.2) is 5.69 Å². The van der Waals surface area contributed by atoms with Crippen molar-refractivity contribution in [3.05, 3.63) is 65.4 Å². The highest BCUT2D eigenvalue weighted by atomic mass is 16.6. The number of nitrogens with one attached hydrogen (secondary N) is 2. The number of amides is 2. The van der Waals surface area contributed by atoms with E-state index in [1.54, 1.807) is 38.4 Å². The van der Waals surface area contributed by atoms with Gasteiger partial charge in [-0.2, -0.15) is 0 Å². The van der Waals surface area contributed by atoms with Gasteiger partial charge in [0.2, 0.25) is 11.7 Å². The van der Waals surface area contributed by atoms with Gasteiger partial charge >= 0.3 is 11.9 Å². The lowest BCUT2D eigenvalue weighted by molar-refractivity contribution is -0.161. The largest absolute Gasteiger partial charge is 0.505 e. The first kappa shape index (κ1) is 29.2. The Bertz CT molecular complexity index is 1250. The summed E-state index contributed by atoms with van der Waals surface area (Å²) in [5.41, 5.74) is 0.733. The Morgan fingerprint density at radius 3 is 2.51 bits per heavy atom. The molecule has 2 amide bonds. The fourth-order valence-corrected chi connectivity index (χ4v) is 3.92. The van der Waals surface area contributed by atoms with Crippen LogP contribution in [0, 0.1) is 5.92 Å². The lowest BCUT2D eigenvalue weighted by atomic mass is 9.92. The maximum atomic E-state index is 13.6. The summed E-state index contributed by atoms with van der Waals surface area (Å²) in [7, 11) is 0. The second kappa shape index (κ2) is 13.0. The van der Waals surface area contributed by atoms with Crippen molar-refractivity contribution in [2.45, 2.75) is 64.8 Å². The van der Waals surface area contributed by atoms with E-state index in [9.17, 15) is 29.4 Å². The molecule has 5 atom stereocenters. The topological polar surface area (TPSA) is 177 Å². The summed E-state index contributed by atoms with van der Waals surface area (Å²) in [6, 6.07) is 3.62. The maximum absolute atomic E-state index is 13.6. The lowest BCUT2D eigenvalue weighted by Crippen LogP contribution is -2.59. The summed E-state index contributed by atoms with van der Waals surface area (Å²) in [6.45, 7) is 6.13. The Labute approximate surface area is 225 Å². The van der Waals surface area contributed by atoms with Gasteiger partial charge in [-0.3, -0.25) is 19.4 Å². The van der Waals surface area contributed by atoms with E-state index in [4.69, 9.17) is 9.47 Å². The van der Waals surface area contributed by atoms with Crippen LogP contribution in [-0.2, 0) is 30.3 Å². The molecule has 1 aliphatic rings. The molecule has 39 heavy (non-hydrogen) atoms. The fourth-order valence-electron chi connectivity index (χ4n) is 3.92. The summed E-state index contributed by atoms with van der Waals surface area (Å²) in [6.07, 6.45) is 2.15. The van der Waals surface area contributed by atoms with E-state index in [2.05, 4.69) is 20.6 Å². The Morgan fingerprint density at radius 2 is 1.87 bits per heavy atom. The average molecular weight is 541 g/mol. The average Bonchev–Trinajstić information content (AvgIpc) is 2.92. The molecule has 1 aliphatic heterocycles. The first-order valence-electron chi connectivity index (χ1n) is 12.5. The Kier molecular flexibility index (Phi) is 9.72. The predicted octanol–water partition coefficient (Wildman–Crippen LogP) is 1.18. The minimum atomic E-state index is -1.47. The Morgan fingerprint density at radius 1 is 1.15 bits per heavy atom. The van der Waals surface area contributed by atoms with Gasteiger partial charge in [0.1, 0.15) is 17.9 Å². The van der Waals surface area contributed by atoms with E-state index in [1.165, 1.54) is 32.2 Å². The van der Waals surface area contributed by atoms with Crippen molar-refractivity contribution in [3.8, 4) is 5.75 Å². The minimum absolute atomic E-state index is 0.0882. The van der Waals surface area contributed by atoms with Crippen molar-refractivity contribution in [3.63, 3.8) is 0 Å². The normalized spacial score (nSPS) is 25.8. The molecule has 0 saturated carbocycles. The second-order valence-corrected chi connectivity index (χ2v) is 9.28. The molecule has 3 rings (SSSR count). The molecule has 1 unspecified atom stereocenters. The molecule has 12 nitrogen and oxygen atoms in total. The summed E-state index contributed by atoms with van der Waals surface area (Å²) in [5.74, 6) is -5.52. The van der Waals surface area contributed by atoms with Gasteiger partial charge in [-0.05, 0) is 62.9 Å². The molecular formula is C27H32N4O8. The number of hydrogen-bond donors (Lipinski definition) is 4. The summed E-state index contributed by atoms with van der Waals surface area (Å²) in [4.78, 5) is 60.3. The quantitative estimate of drug-likeness (QED) is 0.318. The number of hydrogen-bond acceptors (Lipinski definition) is 10. The van der Waals surface area contributed by atoms with Crippen molar-refractivity contribution in [1.29, 1.82) is 0 Å². The molecule has 12 heteroatoms. The zero-order valence-electron chi connectivity index (χ0n) is 22.1.